The molecule has 3 unspecified atom stereocenters. The number of hydrogen-bond acceptors (Lipinski definition) is 10. The smallest absolute Gasteiger partial charge is 0.396 e. The third-order valence-corrected chi connectivity index (χ3v) is 11.0. The van der Waals surface area contributed by atoms with Crippen molar-refractivity contribution in [2.24, 2.45) is 5.92 Å². The molecule has 1 aromatic heterocycles. The number of nitrogens with one attached hydrogen (secondary N) is 2. The topological polar surface area (TPSA) is 138 Å². The molecule has 6 aromatic rings. The number of aromatic nitrogens is 2. The van der Waals surface area contributed by atoms with E-state index in [1.165, 1.54) is 11.8 Å². The fourth-order valence-corrected chi connectivity index (χ4v) is 8.25. The predicted molar refractivity (Wildman–Crippen MR) is 231 cm³/mol. The van der Waals surface area contributed by atoms with E-state index < -0.39 is 11.7 Å². The summed E-state index contributed by atoms with van der Waals surface area (Å²) in [6.45, 7) is 2.51. The van der Waals surface area contributed by atoms with E-state index in [0.29, 0.717) is 62.0 Å². The van der Waals surface area contributed by atoms with E-state index in [-0.39, 0.29) is 42.4 Å². The normalized spacial score (nSPS) is 17.1. The van der Waals surface area contributed by atoms with E-state index >= 15 is 0 Å². The molecule has 0 bridgehead atoms. The van der Waals surface area contributed by atoms with E-state index in [9.17, 15) is 14.7 Å². The summed E-state index contributed by atoms with van der Waals surface area (Å²) in [5.41, 5.74) is 3.77. The number of amides is 2. The van der Waals surface area contributed by atoms with Crippen LogP contribution in [-0.4, -0.2) is 65.7 Å². The number of ether oxygens (including phenoxy) is 3. The van der Waals surface area contributed by atoms with Crippen molar-refractivity contribution in [3.05, 3.63) is 168 Å². The monoisotopic (exact) mass is 804 g/mol. The van der Waals surface area contributed by atoms with Crippen LogP contribution in [0.4, 0.5) is 33.6 Å². The molecule has 1 saturated carbocycles. The van der Waals surface area contributed by atoms with Gasteiger partial charge >= 0.3 is 6.09 Å². The van der Waals surface area contributed by atoms with Gasteiger partial charge in [0.1, 0.15) is 11.3 Å². The third-order valence-electron chi connectivity index (χ3n) is 11.0. The second kappa shape index (κ2) is 18.5. The molecule has 5 aromatic carbocycles. The standard InChI is InChI=1S/C48H48N6O6/c1-34(56)50-46-51-44-43(45(52-46)60-47(57)54(39-24-13-5-14-25-39)40-26-15-6-16-27-40)49-33-53(44)41-30-35(42(31-41)58-29-17-28-55)32-59-48(36-18-7-2-8-19-36,37-20-9-3-10-21-37)38-22-11-4-12-23-38/h2-16,18-27,35,41-42,49,55H,17,28-33H2,1H3,(H,50,51,52,56). The Labute approximate surface area is 349 Å². The van der Waals surface area contributed by atoms with Crippen molar-refractivity contribution in [3.8, 4) is 5.88 Å². The Morgan fingerprint density at radius 2 is 1.32 bits per heavy atom. The van der Waals surface area contributed by atoms with Crippen molar-refractivity contribution in [2.75, 3.05) is 46.9 Å². The van der Waals surface area contributed by atoms with E-state index in [2.05, 4.69) is 56.9 Å². The van der Waals surface area contributed by atoms with Crippen LogP contribution in [0.25, 0.3) is 0 Å². The minimum Gasteiger partial charge on any atom is -0.396 e. The van der Waals surface area contributed by atoms with Crippen LogP contribution in [0.15, 0.2) is 152 Å². The molecule has 306 valence electrons. The van der Waals surface area contributed by atoms with Gasteiger partial charge in [-0.1, -0.05) is 127 Å². The van der Waals surface area contributed by atoms with Crippen molar-refractivity contribution in [2.45, 2.75) is 43.9 Å². The number of rotatable bonds is 15. The summed E-state index contributed by atoms with van der Waals surface area (Å²) >= 11 is 0. The molecule has 3 N–H and O–H groups in total. The Morgan fingerprint density at radius 3 is 1.83 bits per heavy atom. The van der Waals surface area contributed by atoms with Gasteiger partial charge in [-0.15, -0.1) is 0 Å². The molecular weight excluding hydrogens is 757 g/mol. The lowest BCUT2D eigenvalue weighted by Crippen LogP contribution is -2.36. The molecule has 12 heteroatoms. The fraction of sp³-hybridized carbons (Fsp3) is 0.250. The average molecular weight is 805 g/mol. The summed E-state index contributed by atoms with van der Waals surface area (Å²) in [6, 6.07) is 49.2. The summed E-state index contributed by atoms with van der Waals surface area (Å²) in [5.74, 6) is 0.0767. The molecule has 8 rings (SSSR count). The molecular formula is C48H48N6O6. The zero-order valence-electron chi connectivity index (χ0n) is 33.4. The maximum Gasteiger partial charge on any atom is 0.425 e. The summed E-state index contributed by atoms with van der Waals surface area (Å²) in [4.78, 5) is 39.4. The van der Waals surface area contributed by atoms with Gasteiger partial charge in [0.2, 0.25) is 11.9 Å². The number of fused-ring (bicyclic) bond motifs is 1. The first-order valence-electron chi connectivity index (χ1n) is 20.3. The van der Waals surface area contributed by atoms with Crippen LogP contribution in [0.2, 0.25) is 0 Å². The number of benzene rings is 5. The first-order valence-corrected chi connectivity index (χ1v) is 20.3. The van der Waals surface area contributed by atoms with Crippen molar-refractivity contribution in [3.63, 3.8) is 0 Å². The minimum absolute atomic E-state index is 0.00992. The predicted octanol–water partition coefficient (Wildman–Crippen LogP) is 8.52. The Morgan fingerprint density at radius 1 is 0.783 bits per heavy atom. The molecule has 2 amide bonds. The van der Waals surface area contributed by atoms with Crippen LogP contribution in [0.3, 0.4) is 0 Å². The van der Waals surface area contributed by atoms with Gasteiger partial charge in [-0.2, -0.15) is 9.97 Å². The fourth-order valence-electron chi connectivity index (χ4n) is 8.25. The molecule has 2 aliphatic rings. The SMILES string of the molecule is CC(=O)Nc1nc(OC(=O)N(c2ccccc2)c2ccccc2)c2c(n1)N(C1CC(COC(c3ccccc3)(c3ccccc3)c3ccccc3)C(OCCCO)C1)CN2. The number of anilines is 5. The summed E-state index contributed by atoms with van der Waals surface area (Å²) < 4.78 is 19.9. The van der Waals surface area contributed by atoms with Crippen molar-refractivity contribution in [1.82, 2.24) is 9.97 Å². The van der Waals surface area contributed by atoms with Crippen LogP contribution < -0.4 is 25.2 Å². The average Bonchev–Trinajstić information content (AvgIpc) is 3.90. The maximum atomic E-state index is 14.1. The Kier molecular flexibility index (Phi) is 12.4. The van der Waals surface area contributed by atoms with Gasteiger partial charge in [-0.25, -0.2) is 9.69 Å². The molecule has 2 heterocycles. The first-order chi connectivity index (χ1) is 29.4. The van der Waals surface area contributed by atoms with Gasteiger partial charge in [-0.3, -0.25) is 10.1 Å². The molecule has 1 aliphatic heterocycles. The van der Waals surface area contributed by atoms with E-state index in [1.54, 1.807) is 0 Å². The number of carbonyl (C=O) groups excluding carboxylic acids is 2. The largest absolute Gasteiger partial charge is 0.425 e. The highest BCUT2D eigenvalue weighted by atomic mass is 16.6. The number of aliphatic hydroxyl groups excluding tert-OH is 1. The second-order valence-corrected chi connectivity index (χ2v) is 14.9. The quantitative estimate of drug-likeness (QED) is 0.0684. The first kappa shape index (κ1) is 40.2. The van der Waals surface area contributed by atoms with Gasteiger partial charge in [0.05, 0.1) is 30.8 Å². The van der Waals surface area contributed by atoms with E-state index in [4.69, 9.17) is 19.2 Å². The highest BCUT2D eigenvalue weighted by Gasteiger charge is 2.44. The Bertz CT molecular complexity index is 2200. The molecule has 3 atom stereocenters. The van der Waals surface area contributed by atoms with Gasteiger partial charge in [-0.05, 0) is 60.2 Å². The summed E-state index contributed by atoms with van der Waals surface area (Å²) in [5, 5.41) is 15.8. The van der Waals surface area contributed by atoms with E-state index in [1.807, 2.05) is 115 Å². The minimum atomic E-state index is -0.911. The van der Waals surface area contributed by atoms with Crippen molar-refractivity contribution < 1.29 is 28.9 Å². The van der Waals surface area contributed by atoms with Crippen molar-refractivity contribution in [1.29, 1.82) is 0 Å². The molecule has 0 spiro atoms. The van der Waals surface area contributed by atoms with Gasteiger partial charge in [0.15, 0.2) is 5.82 Å². The second-order valence-electron chi connectivity index (χ2n) is 14.9. The lowest BCUT2D eigenvalue weighted by atomic mass is 9.80. The molecule has 0 saturated heterocycles. The number of nitrogens with zero attached hydrogens (tertiary/aromatic N) is 4. The van der Waals surface area contributed by atoms with Crippen molar-refractivity contribution >= 4 is 40.8 Å². The van der Waals surface area contributed by atoms with Gasteiger partial charge in [0.25, 0.3) is 5.88 Å². The Hall–Kier alpha value is -6.60. The third kappa shape index (κ3) is 8.57. The lowest BCUT2D eigenvalue weighted by Gasteiger charge is -2.37. The maximum absolute atomic E-state index is 14.1. The number of aliphatic hydroxyl groups is 1. The van der Waals surface area contributed by atoms with Crippen LogP contribution in [-0.2, 0) is 19.9 Å². The van der Waals surface area contributed by atoms with Crippen LogP contribution in [0.5, 0.6) is 5.88 Å². The summed E-state index contributed by atoms with van der Waals surface area (Å²) in [7, 11) is 0. The summed E-state index contributed by atoms with van der Waals surface area (Å²) in [6.07, 6.45) is 0.945. The number of hydrogen-bond donors (Lipinski definition) is 3. The van der Waals surface area contributed by atoms with Gasteiger partial charge in [0, 0.05) is 32.1 Å². The zero-order chi connectivity index (χ0) is 41.3. The molecule has 1 fully saturated rings. The zero-order valence-corrected chi connectivity index (χ0v) is 33.4. The Balaban J connectivity index is 1.11. The van der Waals surface area contributed by atoms with Crippen LogP contribution >= 0.6 is 0 Å². The van der Waals surface area contributed by atoms with Crippen LogP contribution in [0, 0.1) is 5.92 Å². The van der Waals surface area contributed by atoms with E-state index in [0.717, 1.165) is 16.7 Å². The molecule has 1 aliphatic carbocycles. The highest BCUT2D eigenvalue weighted by molar-refractivity contribution is 5.98. The number of para-hydroxylation sites is 2. The molecule has 60 heavy (non-hydrogen) atoms. The number of carbonyl (C=O) groups is 2. The van der Waals surface area contributed by atoms with Gasteiger partial charge < -0.3 is 29.5 Å². The van der Waals surface area contributed by atoms with Crippen LogP contribution in [0.1, 0.15) is 42.9 Å². The highest BCUT2D eigenvalue weighted by Crippen LogP contribution is 2.46. The molecule has 12 nitrogen and oxygen atoms in total. The molecule has 0 radical (unpaired) electrons. The lowest BCUT2D eigenvalue weighted by molar-refractivity contribution is -0.114.